The Hall–Kier alpha value is -2.26. The number of carbonyl (C=O) groups excluding carboxylic acids is 3. The van der Waals surface area contributed by atoms with E-state index in [2.05, 4.69) is 10.6 Å². The Morgan fingerprint density at radius 3 is 2.68 bits per heavy atom. The number of nitrogens with zero attached hydrogens (tertiary/aromatic N) is 1. The maximum atomic E-state index is 12.5. The van der Waals surface area contributed by atoms with E-state index in [-0.39, 0.29) is 43.8 Å². The van der Waals surface area contributed by atoms with Gasteiger partial charge in [-0.1, -0.05) is 12.1 Å². The molecule has 9 heteroatoms. The summed E-state index contributed by atoms with van der Waals surface area (Å²) in [5.74, 6) is 0.956. The second kappa shape index (κ2) is 10.9. The smallest absolute Gasteiger partial charge is 0.325 e. The molecule has 1 heterocycles. The summed E-state index contributed by atoms with van der Waals surface area (Å²) in [7, 11) is 1.57. The van der Waals surface area contributed by atoms with Crippen molar-refractivity contribution in [1.82, 2.24) is 15.5 Å². The van der Waals surface area contributed by atoms with Crippen molar-refractivity contribution in [3.05, 3.63) is 29.8 Å². The van der Waals surface area contributed by atoms with Gasteiger partial charge in [0.1, 0.15) is 11.8 Å². The number of aliphatic hydroxyl groups is 1. The fourth-order valence-electron chi connectivity index (χ4n) is 2.88. The molecular weight excluding hydrogens is 382 g/mol. The molecule has 1 aromatic carbocycles. The van der Waals surface area contributed by atoms with Crippen LogP contribution in [0.4, 0.5) is 4.79 Å². The van der Waals surface area contributed by atoms with Crippen LogP contribution < -0.4 is 15.4 Å². The minimum absolute atomic E-state index is 0.100. The summed E-state index contributed by atoms with van der Waals surface area (Å²) in [5.41, 5.74) is 0.808. The molecule has 28 heavy (non-hydrogen) atoms. The predicted octanol–water partition coefficient (Wildman–Crippen LogP) is 1.13. The maximum absolute atomic E-state index is 12.5. The molecule has 2 unspecified atom stereocenters. The summed E-state index contributed by atoms with van der Waals surface area (Å²) in [4.78, 5) is 37.9. The molecule has 1 saturated heterocycles. The van der Waals surface area contributed by atoms with Crippen LogP contribution in [0.3, 0.4) is 0 Å². The molecule has 4 amide bonds. The van der Waals surface area contributed by atoms with Crippen molar-refractivity contribution < 1.29 is 24.2 Å². The van der Waals surface area contributed by atoms with Gasteiger partial charge in [-0.3, -0.25) is 14.5 Å². The van der Waals surface area contributed by atoms with E-state index in [0.717, 1.165) is 16.2 Å². The SMILES string of the molecule is COc1ccc(CN2C(=O)NC(CCC(=O)NC(CO)CCSC)C2=O)cc1. The van der Waals surface area contributed by atoms with Crippen LogP contribution in [0, 0.1) is 0 Å². The number of amides is 4. The Balaban J connectivity index is 1.84. The van der Waals surface area contributed by atoms with Crippen LogP contribution in [0.5, 0.6) is 5.75 Å². The van der Waals surface area contributed by atoms with Gasteiger partial charge in [0.2, 0.25) is 5.91 Å². The van der Waals surface area contributed by atoms with Crippen molar-refractivity contribution in [3.63, 3.8) is 0 Å². The molecule has 0 aliphatic carbocycles. The van der Waals surface area contributed by atoms with Gasteiger partial charge in [0.05, 0.1) is 26.3 Å². The lowest BCUT2D eigenvalue weighted by Crippen LogP contribution is -2.39. The number of ether oxygens (including phenoxy) is 1. The molecule has 1 aliphatic heterocycles. The summed E-state index contributed by atoms with van der Waals surface area (Å²) < 4.78 is 5.10. The van der Waals surface area contributed by atoms with Gasteiger partial charge in [-0.25, -0.2) is 4.79 Å². The number of nitrogens with one attached hydrogen (secondary N) is 2. The highest BCUT2D eigenvalue weighted by Gasteiger charge is 2.37. The van der Waals surface area contributed by atoms with Crippen molar-refractivity contribution in [2.75, 3.05) is 25.7 Å². The Labute approximate surface area is 169 Å². The molecule has 1 aliphatic rings. The van der Waals surface area contributed by atoms with Crippen LogP contribution in [0.2, 0.25) is 0 Å². The van der Waals surface area contributed by atoms with E-state index in [4.69, 9.17) is 4.74 Å². The summed E-state index contributed by atoms with van der Waals surface area (Å²) in [6, 6.07) is 5.66. The van der Waals surface area contributed by atoms with Gasteiger partial charge >= 0.3 is 6.03 Å². The van der Waals surface area contributed by atoms with Crippen LogP contribution >= 0.6 is 11.8 Å². The third kappa shape index (κ3) is 6.13. The largest absolute Gasteiger partial charge is 0.497 e. The van der Waals surface area contributed by atoms with Crippen molar-refractivity contribution in [1.29, 1.82) is 0 Å². The van der Waals surface area contributed by atoms with Crippen molar-refractivity contribution >= 4 is 29.6 Å². The first-order valence-corrected chi connectivity index (χ1v) is 10.5. The first kappa shape index (κ1) is 22.0. The van der Waals surface area contributed by atoms with Crippen LogP contribution in [0.25, 0.3) is 0 Å². The molecule has 0 bridgehead atoms. The van der Waals surface area contributed by atoms with E-state index in [1.807, 2.05) is 6.26 Å². The molecule has 3 N–H and O–H groups in total. The van der Waals surface area contributed by atoms with Crippen LogP contribution in [0.1, 0.15) is 24.8 Å². The second-order valence-electron chi connectivity index (χ2n) is 6.54. The number of urea groups is 1. The average Bonchev–Trinajstić information content (AvgIpc) is 2.97. The van der Waals surface area contributed by atoms with Gasteiger partial charge in [-0.2, -0.15) is 11.8 Å². The molecule has 1 aromatic rings. The van der Waals surface area contributed by atoms with Gasteiger partial charge < -0.3 is 20.5 Å². The van der Waals surface area contributed by atoms with Gasteiger partial charge in [0.25, 0.3) is 5.91 Å². The van der Waals surface area contributed by atoms with E-state index in [9.17, 15) is 19.5 Å². The van der Waals surface area contributed by atoms with Gasteiger partial charge in [-0.15, -0.1) is 0 Å². The molecule has 1 fully saturated rings. The van der Waals surface area contributed by atoms with Crippen molar-refractivity contribution in [3.8, 4) is 5.75 Å². The minimum atomic E-state index is -0.713. The standard InChI is InChI=1S/C19H27N3O5S/c1-27-15-5-3-13(4-6-15)11-22-18(25)16(21-19(22)26)7-8-17(24)20-14(12-23)9-10-28-2/h3-6,14,16,23H,7-12H2,1-2H3,(H,20,24)(H,21,26). The number of benzene rings is 1. The van der Waals surface area contributed by atoms with E-state index in [0.29, 0.717) is 12.2 Å². The van der Waals surface area contributed by atoms with Crippen LogP contribution in [-0.4, -0.2) is 65.7 Å². The minimum Gasteiger partial charge on any atom is -0.497 e. The summed E-state index contributed by atoms with van der Waals surface area (Å²) >= 11 is 1.64. The Kier molecular flexibility index (Phi) is 8.59. The predicted molar refractivity (Wildman–Crippen MR) is 107 cm³/mol. The zero-order valence-corrected chi connectivity index (χ0v) is 17.0. The third-order valence-corrected chi connectivity index (χ3v) is 5.17. The van der Waals surface area contributed by atoms with Crippen LogP contribution in [-0.2, 0) is 16.1 Å². The van der Waals surface area contributed by atoms with Gasteiger partial charge in [0, 0.05) is 6.42 Å². The van der Waals surface area contributed by atoms with Crippen LogP contribution in [0.15, 0.2) is 24.3 Å². The highest BCUT2D eigenvalue weighted by atomic mass is 32.2. The summed E-state index contributed by atoms with van der Waals surface area (Å²) in [6.45, 7) is 0.0413. The number of methoxy groups -OCH3 is 1. The number of thioether (sulfide) groups is 1. The van der Waals surface area contributed by atoms with E-state index in [1.165, 1.54) is 0 Å². The summed E-state index contributed by atoms with van der Waals surface area (Å²) in [5, 5.41) is 14.7. The molecular formula is C19H27N3O5S. The number of imide groups is 1. The topological polar surface area (TPSA) is 108 Å². The molecule has 2 rings (SSSR count). The van der Waals surface area contributed by atoms with Crippen molar-refractivity contribution in [2.45, 2.75) is 37.9 Å². The van der Waals surface area contributed by atoms with Gasteiger partial charge in [0.15, 0.2) is 0 Å². The molecule has 0 saturated carbocycles. The van der Waals surface area contributed by atoms with E-state index < -0.39 is 12.1 Å². The number of rotatable bonds is 11. The molecule has 2 atom stereocenters. The lowest BCUT2D eigenvalue weighted by atomic mass is 10.1. The maximum Gasteiger partial charge on any atom is 0.325 e. The number of carbonyl (C=O) groups is 3. The number of aliphatic hydroxyl groups excluding tert-OH is 1. The third-order valence-electron chi connectivity index (χ3n) is 4.52. The quantitative estimate of drug-likeness (QED) is 0.473. The fourth-order valence-corrected chi connectivity index (χ4v) is 3.40. The second-order valence-corrected chi connectivity index (χ2v) is 7.53. The molecule has 154 valence electrons. The lowest BCUT2D eigenvalue weighted by Gasteiger charge is -2.16. The number of hydrogen-bond donors (Lipinski definition) is 3. The van der Waals surface area contributed by atoms with Crippen molar-refractivity contribution in [2.24, 2.45) is 0 Å². The van der Waals surface area contributed by atoms with Gasteiger partial charge in [-0.05, 0) is 42.5 Å². The first-order chi connectivity index (χ1) is 13.5. The molecule has 0 aromatic heterocycles. The average molecular weight is 410 g/mol. The Morgan fingerprint density at radius 1 is 1.36 bits per heavy atom. The number of hydrogen-bond acceptors (Lipinski definition) is 6. The Morgan fingerprint density at radius 2 is 2.07 bits per heavy atom. The monoisotopic (exact) mass is 409 g/mol. The zero-order chi connectivity index (χ0) is 20.5. The highest BCUT2D eigenvalue weighted by molar-refractivity contribution is 7.98. The highest BCUT2D eigenvalue weighted by Crippen LogP contribution is 2.17. The van der Waals surface area contributed by atoms with E-state index in [1.54, 1.807) is 43.1 Å². The normalized spacial score (nSPS) is 17.4. The van der Waals surface area contributed by atoms with E-state index >= 15 is 0 Å². The molecule has 8 nitrogen and oxygen atoms in total. The zero-order valence-electron chi connectivity index (χ0n) is 16.1. The summed E-state index contributed by atoms with van der Waals surface area (Å²) in [6.07, 6.45) is 2.96. The first-order valence-electron chi connectivity index (χ1n) is 9.12. The molecule has 0 spiro atoms. The fraction of sp³-hybridized carbons (Fsp3) is 0.526. The lowest BCUT2D eigenvalue weighted by molar-refractivity contribution is -0.128. The molecule has 0 radical (unpaired) electrons. The Bertz CT molecular complexity index is 683.